The van der Waals surface area contributed by atoms with Gasteiger partial charge in [-0.2, -0.15) is 0 Å². The molecular formula is C28H27BrN2O3. The van der Waals surface area contributed by atoms with E-state index in [0.717, 1.165) is 27.0 Å². The summed E-state index contributed by atoms with van der Waals surface area (Å²) in [7, 11) is 0. The van der Waals surface area contributed by atoms with Gasteiger partial charge in [-0.05, 0) is 71.1 Å². The molecule has 1 amide bonds. The van der Waals surface area contributed by atoms with Crippen molar-refractivity contribution in [3.63, 3.8) is 0 Å². The van der Waals surface area contributed by atoms with Crippen LogP contribution in [0.1, 0.15) is 18.1 Å². The van der Waals surface area contributed by atoms with Crippen LogP contribution in [0.25, 0.3) is 10.8 Å². The van der Waals surface area contributed by atoms with Crippen molar-refractivity contribution in [3.8, 4) is 11.5 Å². The lowest BCUT2D eigenvalue weighted by Gasteiger charge is -2.16. The minimum absolute atomic E-state index is 0.125. The number of anilines is 2. The molecule has 0 unspecified atom stereocenters. The second kappa shape index (κ2) is 11.1. The van der Waals surface area contributed by atoms with Gasteiger partial charge in [-0.25, -0.2) is 0 Å². The van der Waals surface area contributed by atoms with E-state index in [1.807, 2.05) is 68.4 Å². The van der Waals surface area contributed by atoms with Gasteiger partial charge in [-0.1, -0.05) is 54.1 Å². The first-order chi connectivity index (χ1) is 16.5. The van der Waals surface area contributed by atoms with Gasteiger partial charge in [0.25, 0.3) is 5.91 Å². The van der Waals surface area contributed by atoms with Gasteiger partial charge in [-0.15, -0.1) is 0 Å². The van der Waals surface area contributed by atoms with Crippen LogP contribution in [0, 0.1) is 6.92 Å². The zero-order valence-corrected chi connectivity index (χ0v) is 20.8. The van der Waals surface area contributed by atoms with E-state index in [1.165, 1.54) is 10.8 Å². The topological polar surface area (TPSA) is 59.6 Å². The second-order valence-electron chi connectivity index (χ2n) is 7.92. The van der Waals surface area contributed by atoms with E-state index < -0.39 is 0 Å². The summed E-state index contributed by atoms with van der Waals surface area (Å²) in [5.74, 6) is 0.865. The maximum Gasteiger partial charge on any atom is 0.262 e. The molecule has 0 atom stereocenters. The molecule has 4 rings (SSSR count). The molecule has 0 saturated carbocycles. The molecule has 6 heteroatoms. The van der Waals surface area contributed by atoms with Crippen molar-refractivity contribution in [1.29, 1.82) is 0 Å². The Balaban J connectivity index is 1.45. The van der Waals surface area contributed by atoms with E-state index in [4.69, 9.17) is 9.47 Å². The first-order valence-electron chi connectivity index (χ1n) is 11.2. The predicted molar refractivity (Wildman–Crippen MR) is 142 cm³/mol. The zero-order valence-electron chi connectivity index (χ0n) is 19.2. The maximum absolute atomic E-state index is 12.4. The minimum Gasteiger partial charge on any atom is -0.490 e. The van der Waals surface area contributed by atoms with Crippen molar-refractivity contribution in [2.24, 2.45) is 0 Å². The standard InChI is InChI=1S/C28H27BrN2O3/c1-3-33-26-16-20(17-30-25-10-6-8-21-7-4-5-9-23(21)25)15-24(29)28(26)34-18-27(32)31-22-13-11-19(2)12-14-22/h4-16,30H,3,17-18H2,1-2H3,(H,31,32). The van der Waals surface area contributed by atoms with Crippen molar-refractivity contribution in [3.05, 3.63) is 94.5 Å². The summed E-state index contributed by atoms with van der Waals surface area (Å²) < 4.78 is 12.4. The summed E-state index contributed by atoms with van der Waals surface area (Å²) >= 11 is 3.59. The number of hydrogen-bond donors (Lipinski definition) is 2. The molecule has 0 heterocycles. The first-order valence-corrected chi connectivity index (χ1v) is 12.0. The molecule has 0 aromatic heterocycles. The van der Waals surface area contributed by atoms with Crippen LogP contribution in [0.2, 0.25) is 0 Å². The Morgan fingerprint density at radius 1 is 0.941 bits per heavy atom. The highest BCUT2D eigenvalue weighted by Gasteiger charge is 2.15. The molecule has 34 heavy (non-hydrogen) atoms. The third-order valence-corrected chi connectivity index (χ3v) is 5.91. The predicted octanol–water partition coefficient (Wildman–Crippen LogP) is 6.94. The van der Waals surface area contributed by atoms with Crippen molar-refractivity contribution in [2.45, 2.75) is 20.4 Å². The third kappa shape index (κ3) is 5.88. The number of halogens is 1. The van der Waals surface area contributed by atoms with Crippen LogP contribution in [0.4, 0.5) is 11.4 Å². The largest absolute Gasteiger partial charge is 0.490 e. The van der Waals surface area contributed by atoms with Crippen LogP contribution in [-0.2, 0) is 11.3 Å². The number of fused-ring (bicyclic) bond motifs is 1. The molecule has 0 radical (unpaired) electrons. The quantitative estimate of drug-likeness (QED) is 0.252. The molecule has 0 aliphatic carbocycles. The van der Waals surface area contributed by atoms with Crippen LogP contribution in [0.15, 0.2) is 83.3 Å². The summed E-state index contributed by atoms with van der Waals surface area (Å²) in [4.78, 5) is 12.4. The lowest BCUT2D eigenvalue weighted by Crippen LogP contribution is -2.20. The van der Waals surface area contributed by atoms with Gasteiger partial charge in [0.1, 0.15) is 0 Å². The van der Waals surface area contributed by atoms with E-state index in [0.29, 0.717) is 24.7 Å². The minimum atomic E-state index is -0.236. The van der Waals surface area contributed by atoms with Crippen molar-refractivity contribution in [1.82, 2.24) is 0 Å². The maximum atomic E-state index is 12.4. The first kappa shape index (κ1) is 23.6. The summed E-state index contributed by atoms with van der Waals surface area (Å²) in [6, 6.07) is 26.1. The SMILES string of the molecule is CCOc1cc(CNc2cccc3ccccc23)cc(Br)c1OCC(=O)Nc1ccc(C)cc1. The Kier molecular flexibility index (Phi) is 7.70. The highest BCUT2D eigenvalue weighted by molar-refractivity contribution is 9.10. The molecule has 4 aromatic carbocycles. The van der Waals surface area contributed by atoms with Crippen molar-refractivity contribution >= 4 is 44.0 Å². The van der Waals surface area contributed by atoms with Crippen LogP contribution in [0.3, 0.4) is 0 Å². The Morgan fingerprint density at radius 2 is 1.71 bits per heavy atom. The van der Waals surface area contributed by atoms with Crippen LogP contribution in [0.5, 0.6) is 11.5 Å². The van der Waals surface area contributed by atoms with Crippen LogP contribution >= 0.6 is 15.9 Å². The highest BCUT2D eigenvalue weighted by Crippen LogP contribution is 2.37. The number of carbonyl (C=O) groups is 1. The number of hydrogen-bond acceptors (Lipinski definition) is 4. The number of rotatable bonds is 9. The Hall–Kier alpha value is -3.51. The van der Waals surface area contributed by atoms with E-state index in [2.05, 4.69) is 50.8 Å². The van der Waals surface area contributed by atoms with Gasteiger partial charge in [0.05, 0.1) is 11.1 Å². The van der Waals surface area contributed by atoms with Gasteiger partial charge in [-0.3, -0.25) is 4.79 Å². The normalized spacial score (nSPS) is 10.7. The molecule has 0 aliphatic rings. The summed E-state index contributed by atoms with van der Waals surface area (Å²) in [6.45, 7) is 4.89. The molecule has 2 N–H and O–H groups in total. The summed E-state index contributed by atoms with van der Waals surface area (Å²) in [6.07, 6.45) is 0. The Morgan fingerprint density at radius 3 is 2.50 bits per heavy atom. The summed E-state index contributed by atoms with van der Waals surface area (Å²) in [5.41, 5.74) is 3.97. The van der Waals surface area contributed by atoms with Crippen molar-refractivity contribution in [2.75, 3.05) is 23.8 Å². The highest BCUT2D eigenvalue weighted by atomic mass is 79.9. The number of nitrogens with one attached hydrogen (secondary N) is 2. The van der Waals surface area contributed by atoms with Crippen LogP contribution in [-0.4, -0.2) is 19.1 Å². The van der Waals surface area contributed by atoms with E-state index >= 15 is 0 Å². The lowest BCUT2D eigenvalue weighted by molar-refractivity contribution is -0.118. The monoisotopic (exact) mass is 518 g/mol. The second-order valence-corrected chi connectivity index (χ2v) is 8.78. The third-order valence-electron chi connectivity index (χ3n) is 5.32. The fraction of sp³-hybridized carbons (Fsp3) is 0.179. The molecular weight excluding hydrogens is 492 g/mol. The Labute approximate surface area is 208 Å². The summed E-state index contributed by atoms with van der Waals surface area (Å²) in [5, 5.41) is 8.73. The van der Waals surface area contributed by atoms with E-state index in [9.17, 15) is 4.79 Å². The van der Waals surface area contributed by atoms with Crippen LogP contribution < -0.4 is 20.1 Å². The average molecular weight is 519 g/mol. The number of aryl methyl sites for hydroxylation is 1. The molecule has 0 saturated heterocycles. The number of benzene rings is 4. The van der Waals surface area contributed by atoms with E-state index in [1.54, 1.807) is 0 Å². The van der Waals surface area contributed by atoms with Gasteiger partial charge in [0, 0.05) is 23.3 Å². The van der Waals surface area contributed by atoms with Gasteiger partial charge >= 0.3 is 0 Å². The smallest absolute Gasteiger partial charge is 0.262 e. The lowest BCUT2D eigenvalue weighted by atomic mass is 10.1. The molecule has 0 fully saturated rings. The van der Waals surface area contributed by atoms with Gasteiger partial charge in [0.2, 0.25) is 0 Å². The van der Waals surface area contributed by atoms with Gasteiger partial charge in [0.15, 0.2) is 18.1 Å². The molecule has 0 aliphatic heterocycles. The number of carbonyl (C=O) groups excluding carboxylic acids is 1. The molecule has 0 bridgehead atoms. The van der Waals surface area contributed by atoms with Gasteiger partial charge < -0.3 is 20.1 Å². The zero-order chi connectivity index (χ0) is 23.9. The van der Waals surface area contributed by atoms with Crippen molar-refractivity contribution < 1.29 is 14.3 Å². The Bertz CT molecular complexity index is 1280. The molecule has 4 aromatic rings. The fourth-order valence-corrected chi connectivity index (χ4v) is 4.28. The fourth-order valence-electron chi connectivity index (χ4n) is 3.67. The number of ether oxygens (including phenoxy) is 2. The average Bonchev–Trinajstić information content (AvgIpc) is 2.84. The molecule has 0 spiro atoms. The number of amides is 1. The molecule has 174 valence electrons. The molecule has 5 nitrogen and oxygen atoms in total. The van der Waals surface area contributed by atoms with E-state index in [-0.39, 0.29) is 12.5 Å².